The molecular formula is C23H27FN2O4. The molecule has 160 valence electrons. The summed E-state index contributed by atoms with van der Waals surface area (Å²) in [6, 6.07) is 11.3. The minimum absolute atomic E-state index is 0.0403. The monoisotopic (exact) mass is 414 g/mol. The number of amides is 2. The molecule has 1 heterocycles. The molecule has 1 atom stereocenters. The van der Waals surface area contributed by atoms with Gasteiger partial charge in [0.25, 0.3) is 0 Å². The number of anilines is 1. The summed E-state index contributed by atoms with van der Waals surface area (Å²) in [6.45, 7) is 1.01. The Bertz CT molecular complexity index is 901. The van der Waals surface area contributed by atoms with Gasteiger partial charge in [-0.15, -0.1) is 0 Å². The van der Waals surface area contributed by atoms with E-state index in [1.54, 1.807) is 61.4 Å². The predicted molar refractivity (Wildman–Crippen MR) is 112 cm³/mol. The van der Waals surface area contributed by atoms with Crippen LogP contribution in [-0.2, 0) is 16.0 Å². The second-order valence-electron chi connectivity index (χ2n) is 7.42. The highest BCUT2D eigenvalue weighted by molar-refractivity contribution is 5.95. The largest absolute Gasteiger partial charge is 0.493 e. The molecule has 1 saturated heterocycles. The first kappa shape index (κ1) is 21.6. The second-order valence-corrected chi connectivity index (χ2v) is 7.42. The fraction of sp³-hybridized carbons (Fsp3) is 0.391. The Hall–Kier alpha value is -3.09. The van der Waals surface area contributed by atoms with Crippen molar-refractivity contribution in [1.82, 2.24) is 4.90 Å². The van der Waals surface area contributed by atoms with E-state index in [-0.39, 0.29) is 30.0 Å². The lowest BCUT2D eigenvalue weighted by Gasteiger charge is -2.34. The van der Waals surface area contributed by atoms with Gasteiger partial charge < -0.3 is 19.3 Å². The smallest absolute Gasteiger partial charge is 0.231 e. The average molecular weight is 414 g/mol. The molecule has 1 aliphatic heterocycles. The van der Waals surface area contributed by atoms with Gasteiger partial charge in [-0.3, -0.25) is 9.59 Å². The summed E-state index contributed by atoms with van der Waals surface area (Å²) < 4.78 is 23.6. The number of benzene rings is 2. The summed E-state index contributed by atoms with van der Waals surface area (Å²) >= 11 is 0. The highest BCUT2D eigenvalue weighted by Gasteiger charge is 2.30. The van der Waals surface area contributed by atoms with E-state index in [1.165, 1.54) is 12.1 Å². The summed E-state index contributed by atoms with van der Waals surface area (Å²) in [7, 11) is 4.84. The maximum absolute atomic E-state index is 13.1. The zero-order chi connectivity index (χ0) is 21.7. The average Bonchev–Trinajstić information content (AvgIpc) is 2.79. The van der Waals surface area contributed by atoms with Crippen LogP contribution in [0.4, 0.5) is 10.1 Å². The highest BCUT2D eigenvalue weighted by atomic mass is 19.1. The van der Waals surface area contributed by atoms with Gasteiger partial charge >= 0.3 is 0 Å². The van der Waals surface area contributed by atoms with Crippen LogP contribution in [0.3, 0.4) is 0 Å². The van der Waals surface area contributed by atoms with E-state index in [9.17, 15) is 14.0 Å². The van der Waals surface area contributed by atoms with Crippen molar-refractivity contribution >= 4 is 17.5 Å². The van der Waals surface area contributed by atoms with Crippen LogP contribution >= 0.6 is 0 Å². The quantitative estimate of drug-likeness (QED) is 0.728. The van der Waals surface area contributed by atoms with E-state index in [0.717, 1.165) is 18.4 Å². The first-order valence-corrected chi connectivity index (χ1v) is 9.94. The van der Waals surface area contributed by atoms with Gasteiger partial charge in [0, 0.05) is 31.9 Å². The van der Waals surface area contributed by atoms with Gasteiger partial charge in [0.2, 0.25) is 11.8 Å². The number of ether oxygens (including phenoxy) is 2. The summed E-state index contributed by atoms with van der Waals surface area (Å²) in [4.78, 5) is 29.1. The van der Waals surface area contributed by atoms with E-state index in [2.05, 4.69) is 0 Å². The van der Waals surface area contributed by atoms with Crippen molar-refractivity contribution in [3.8, 4) is 11.5 Å². The minimum Gasteiger partial charge on any atom is -0.493 e. The predicted octanol–water partition coefficient (Wildman–Crippen LogP) is 3.29. The number of carbonyl (C=O) groups excluding carboxylic acids is 2. The van der Waals surface area contributed by atoms with Crippen molar-refractivity contribution in [2.24, 2.45) is 5.92 Å². The van der Waals surface area contributed by atoms with Crippen LogP contribution in [0.15, 0.2) is 42.5 Å². The zero-order valence-corrected chi connectivity index (χ0v) is 17.6. The Morgan fingerprint density at radius 1 is 1.10 bits per heavy atom. The maximum atomic E-state index is 13.1. The van der Waals surface area contributed by atoms with E-state index in [4.69, 9.17) is 9.47 Å². The molecule has 0 radical (unpaired) electrons. The summed E-state index contributed by atoms with van der Waals surface area (Å²) in [5.74, 6) is 0.461. The molecular weight excluding hydrogens is 387 g/mol. The van der Waals surface area contributed by atoms with Crippen LogP contribution in [0.25, 0.3) is 0 Å². The van der Waals surface area contributed by atoms with Crippen molar-refractivity contribution in [2.45, 2.75) is 19.3 Å². The molecule has 1 unspecified atom stereocenters. The van der Waals surface area contributed by atoms with Gasteiger partial charge in [-0.1, -0.05) is 12.1 Å². The topological polar surface area (TPSA) is 59.1 Å². The Balaban J connectivity index is 1.66. The normalized spacial score (nSPS) is 16.1. The number of piperidine rings is 1. The van der Waals surface area contributed by atoms with Crippen molar-refractivity contribution in [1.29, 1.82) is 0 Å². The van der Waals surface area contributed by atoms with Gasteiger partial charge in [-0.2, -0.15) is 0 Å². The molecule has 1 aliphatic rings. The van der Waals surface area contributed by atoms with Gasteiger partial charge in [0.1, 0.15) is 5.82 Å². The molecule has 2 aromatic rings. The molecule has 3 rings (SSSR count). The molecule has 2 amide bonds. The Morgan fingerprint density at radius 3 is 2.47 bits per heavy atom. The molecule has 0 spiro atoms. The SMILES string of the molecule is COc1ccc(N(C)C(=O)C2CCCN(C(=O)Cc3ccc(F)cc3)C2)cc1OC. The molecule has 0 aromatic heterocycles. The number of carbonyl (C=O) groups is 2. The molecule has 7 heteroatoms. The number of methoxy groups -OCH3 is 2. The number of rotatable bonds is 6. The maximum Gasteiger partial charge on any atom is 0.231 e. The summed E-state index contributed by atoms with van der Waals surface area (Å²) in [5, 5.41) is 0. The van der Waals surface area contributed by atoms with Gasteiger partial charge in [-0.05, 0) is 42.7 Å². The van der Waals surface area contributed by atoms with E-state index in [0.29, 0.717) is 30.3 Å². The molecule has 0 saturated carbocycles. The van der Waals surface area contributed by atoms with Crippen LogP contribution < -0.4 is 14.4 Å². The fourth-order valence-corrected chi connectivity index (χ4v) is 3.73. The molecule has 0 N–H and O–H groups in total. The lowest BCUT2D eigenvalue weighted by molar-refractivity contribution is -0.134. The number of hydrogen-bond acceptors (Lipinski definition) is 4. The van der Waals surface area contributed by atoms with Crippen LogP contribution in [0, 0.1) is 11.7 Å². The third kappa shape index (κ3) is 4.90. The van der Waals surface area contributed by atoms with E-state index < -0.39 is 0 Å². The van der Waals surface area contributed by atoms with Crippen molar-refractivity contribution < 1.29 is 23.5 Å². The number of likely N-dealkylation sites (tertiary alicyclic amines) is 1. The second kappa shape index (κ2) is 9.61. The fourth-order valence-electron chi connectivity index (χ4n) is 3.73. The van der Waals surface area contributed by atoms with Crippen LogP contribution in [0.1, 0.15) is 18.4 Å². The standard InChI is InChI=1S/C23H27FN2O4/c1-25(19-10-11-20(29-2)21(14-19)30-3)23(28)17-5-4-12-26(15-17)22(27)13-16-6-8-18(24)9-7-16/h6-11,14,17H,4-5,12-13,15H2,1-3H3. The zero-order valence-electron chi connectivity index (χ0n) is 17.6. The first-order chi connectivity index (χ1) is 14.4. The number of hydrogen-bond donors (Lipinski definition) is 0. The molecule has 2 aromatic carbocycles. The third-order valence-corrected chi connectivity index (χ3v) is 5.48. The number of nitrogens with zero attached hydrogens (tertiary/aromatic N) is 2. The van der Waals surface area contributed by atoms with Gasteiger partial charge in [0.15, 0.2) is 11.5 Å². The lowest BCUT2D eigenvalue weighted by atomic mass is 9.95. The van der Waals surface area contributed by atoms with Crippen molar-refractivity contribution in [2.75, 3.05) is 39.3 Å². The Morgan fingerprint density at radius 2 is 1.80 bits per heavy atom. The van der Waals surface area contributed by atoms with Crippen LogP contribution in [0.2, 0.25) is 0 Å². The molecule has 1 fully saturated rings. The Kier molecular flexibility index (Phi) is 6.92. The van der Waals surface area contributed by atoms with Crippen molar-refractivity contribution in [3.05, 3.63) is 53.8 Å². The molecule has 6 nitrogen and oxygen atoms in total. The van der Waals surface area contributed by atoms with Gasteiger partial charge in [0.05, 0.1) is 26.6 Å². The summed E-state index contributed by atoms with van der Waals surface area (Å²) in [5.41, 5.74) is 1.46. The molecule has 30 heavy (non-hydrogen) atoms. The van der Waals surface area contributed by atoms with Crippen molar-refractivity contribution in [3.63, 3.8) is 0 Å². The summed E-state index contributed by atoms with van der Waals surface area (Å²) in [6.07, 6.45) is 1.70. The Labute approximate surface area is 176 Å². The lowest BCUT2D eigenvalue weighted by Crippen LogP contribution is -2.46. The third-order valence-electron chi connectivity index (χ3n) is 5.48. The molecule has 0 bridgehead atoms. The van der Waals surface area contributed by atoms with Gasteiger partial charge in [-0.25, -0.2) is 4.39 Å². The van der Waals surface area contributed by atoms with E-state index in [1.807, 2.05) is 0 Å². The van der Waals surface area contributed by atoms with E-state index >= 15 is 0 Å². The van der Waals surface area contributed by atoms with Crippen LogP contribution in [-0.4, -0.2) is 51.1 Å². The number of halogens is 1. The minimum atomic E-state index is -0.326. The molecule has 0 aliphatic carbocycles. The highest BCUT2D eigenvalue weighted by Crippen LogP contribution is 2.32. The first-order valence-electron chi connectivity index (χ1n) is 9.94. The van der Waals surface area contributed by atoms with Crippen LogP contribution in [0.5, 0.6) is 11.5 Å².